The third-order valence-electron chi connectivity index (χ3n) is 5.15. The zero-order chi connectivity index (χ0) is 17.9. The molecule has 25 heavy (non-hydrogen) atoms. The van der Waals surface area contributed by atoms with Gasteiger partial charge in [0.2, 0.25) is 5.91 Å². The monoisotopic (exact) mass is 346 g/mol. The van der Waals surface area contributed by atoms with E-state index in [1.165, 1.54) is 12.1 Å². The smallest absolute Gasteiger partial charge is 0.303 e. The minimum absolute atomic E-state index is 0.0882. The Bertz CT molecular complexity index is 778. The number of fused-ring (bicyclic) bond motifs is 1. The highest BCUT2D eigenvalue weighted by atomic mass is 19.1. The number of carboxylic acids is 1. The predicted molar refractivity (Wildman–Crippen MR) is 92.7 cm³/mol. The molecule has 0 radical (unpaired) electrons. The SMILES string of the molecule is O=C(O)CC1(CNC(=O)Cn2ccc3ccc(F)cc32)CCCCC1. The van der Waals surface area contributed by atoms with E-state index in [1.807, 2.05) is 6.07 Å². The minimum Gasteiger partial charge on any atom is -0.481 e. The molecule has 2 aromatic rings. The molecule has 1 fully saturated rings. The molecule has 1 saturated carbocycles. The molecule has 2 N–H and O–H groups in total. The van der Waals surface area contributed by atoms with Crippen LogP contribution in [0.3, 0.4) is 0 Å². The summed E-state index contributed by atoms with van der Waals surface area (Å²) < 4.78 is 15.1. The van der Waals surface area contributed by atoms with E-state index in [0.717, 1.165) is 37.5 Å². The molecule has 0 spiro atoms. The van der Waals surface area contributed by atoms with Crippen LogP contribution in [-0.4, -0.2) is 28.1 Å². The molecule has 1 amide bonds. The van der Waals surface area contributed by atoms with E-state index in [0.29, 0.717) is 12.1 Å². The lowest BCUT2D eigenvalue weighted by Gasteiger charge is -2.36. The Morgan fingerprint density at radius 1 is 1.20 bits per heavy atom. The average molecular weight is 346 g/mol. The molecule has 134 valence electrons. The topological polar surface area (TPSA) is 71.3 Å². The molecule has 1 aliphatic carbocycles. The molecular weight excluding hydrogens is 323 g/mol. The Morgan fingerprint density at radius 2 is 1.96 bits per heavy atom. The molecule has 0 aliphatic heterocycles. The Labute approximate surface area is 145 Å². The van der Waals surface area contributed by atoms with Crippen LogP contribution < -0.4 is 5.32 Å². The van der Waals surface area contributed by atoms with Gasteiger partial charge in [0, 0.05) is 12.7 Å². The first kappa shape index (κ1) is 17.5. The molecular formula is C19H23FN2O3. The van der Waals surface area contributed by atoms with Gasteiger partial charge in [0.1, 0.15) is 12.4 Å². The van der Waals surface area contributed by atoms with Gasteiger partial charge in [-0.2, -0.15) is 0 Å². The molecule has 0 unspecified atom stereocenters. The number of nitrogens with zero attached hydrogens (tertiary/aromatic N) is 1. The highest BCUT2D eigenvalue weighted by Crippen LogP contribution is 2.38. The van der Waals surface area contributed by atoms with Gasteiger partial charge in [-0.05, 0) is 47.9 Å². The summed E-state index contributed by atoms with van der Waals surface area (Å²) in [5, 5.41) is 13.0. The van der Waals surface area contributed by atoms with Crippen LogP contribution in [0.1, 0.15) is 38.5 Å². The van der Waals surface area contributed by atoms with Gasteiger partial charge >= 0.3 is 5.97 Å². The fourth-order valence-electron chi connectivity index (χ4n) is 3.83. The van der Waals surface area contributed by atoms with Crippen LogP contribution in [0.2, 0.25) is 0 Å². The predicted octanol–water partition coefficient (Wildman–Crippen LogP) is 3.32. The number of hydrogen-bond acceptors (Lipinski definition) is 2. The summed E-state index contributed by atoms with van der Waals surface area (Å²) in [4.78, 5) is 23.5. The molecule has 1 aromatic carbocycles. The van der Waals surface area contributed by atoms with Gasteiger partial charge in [-0.3, -0.25) is 9.59 Å². The van der Waals surface area contributed by atoms with E-state index in [9.17, 15) is 19.1 Å². The first-order valence-corrected chi connectivity index (χ1v) is 8.70. The molecule has 1 aromatic heterocycles. The number of carbonyl (C=O) groups excluding carboxylic acids is 1. The minimum atomic E-state index is -0.817. The van der Waals surface area contributed by atoms with Gasteiger partial charge in [-0.25, -0.2) is 4.39 Å². The average Bonchev–Trinajstić information content (AvgIpc) is 2.95. The van der Waals surface area contributed by atoms with Crippen LogP contribution in [-0.2, 0) is 16.1 Å². The number of carbonyl (C=O) groups is 2. The van der Waals surface area contributed by atoms with Crippen LogP contribution in [0.25, 0.3) is 10.9 Å². The summed E-state index contributed by atoms with van der Waals surface area (Å²) in [6.45, 7) is 0.474. The number of benzene rings is 1. The van der Waals surface area contributed by atoms with Crippen molar-refractivity contribution in [3.8, 4) is 0 Å². The molecule has 3 rings (SSSR count). The molecule has 1 heterocycles. The summed E-state index contributed by atoms with van der Waals surface area (Å²) >= 11 is 0. The second kappa shape index (κ2) is 7.25. The van der Waals surface area contributed by atoms with Crippen LogP contribution in [0, 0.1) is 11.2 Å². The van der Waals surface area contributed by atoms with Gasteiger partial charge in [0.15, 0.2) is 0 Å². The van der Waals surface area contributed by atoms with E-state index in [2.05, 4.69) is 5.32 Å². The Kier molecular flexibility index (Phi) is 5.06. The Morgan fingerprint density at radius 3 is 2.68 bits per heavy atom. The zero-order valence-corrected chi connectivity index (χ0v) is 14.1. The van der Waals surface area contributed by atoms with Gasteiger partial charge in [-0.1, -0.05) is 19.3 Å². The lowest BCUT2D eigenvalue weighted by molar-refractivity contribution is -0.140. The van der Waals surface area contributed by atoms with E-state index in [1.54, 1.807) is 16.8 Å². The third kappa shape index (κ3) is 4.18. The Balaban J connectivity index is 1.64. The fraction of sp³-hybridized carbons (Fsp3) is 0.474. The summed E-state index contributed by atoms with van der Waals surface area (Å²) in [5.41, 5.74) is 0.331. The van der Waals surface area contributed by atoms with Crippen molar-refractivity contribution in [3.05, 3.63) is 36.3 Å². The van der Waals surface area contributed by atoms with Gasteiger partial charge in [0.05, 0.1) is 11.9 Å². The van der Waals surface area contributed by atoms with Crippen molar-refractivity contribution in [2.45, 2.75) is 45.1 Å². The number of halogens is 1. The summed E-state index contributed by atoms with van der Waals surface area (Å²) in [7, 11) is 0. The molecule has 0 bridgehead atoms. The number of hydrogen-bond donors (Lipinski definition) is 2. The lowest BCUT2D eigenvalue weighted by atomic mass is 9.71. The summed E-state index contributed by atoms with van der Waals surface area (Å²) in [6.07, 6.45) is 6.64. The van der Waals surface area contributed by atoms with Crippen molar-refractivity contribution in [2.75, 3.05) is 6.54 Å². The molecule has 0 atom stereocenters. The maximum Gasteiger partial charge on any atom is 0.303 e. The summed E-state index contributed by atoms with van der Waals surface area (Å²) in [5.74, 6) is -1.34. The van der Waals surface area contributed by atoms with Crippen LogP contribution in [0.4, 0.5) is 4.39 Å². The van der Waals surface area contributed by atoms with Crippen molar-refractivity contribution in [1.29, 1.82) is 0 Å². The van der Waals surface area contributed by atoms with Crippen molar-refractivity contribution in [2.24, 2.45) is 5.41 Å². The quantitative estimate of drug-likeness (QED) is 0.843. The van der Waals surface area contributed by atoms with E-state index in [4.69, 9.17) is 0 Å². The normalized spacial score (nSPS) is 16.7. The zero-order valence-electron chi connectivity index (χ0n) is 14.1. The van der Waals surface area contributed by atoms with Gasteiger partial charge in [0.25, 0.3) is 0 Å². The number of rotatable bonds is 6. The second-order valence-corrected chi connectivity index (χ2v) is 7.05. The Hall–Kier alpha value is -2.37. The maximum atomic E-state index is 13.4. The number of aromatic nitrogens is 1. The first-order valence-electron chi connectivity index (χ1n) is 8.70. The molecule has 0 saturated heterocycles. The van der Waals surface area contributed by atoms with E-state index < -0.39 is 5.97 Å². The highest BCUT2D eigenvalue weighted by molar-refractivity contribution is 5.83. The molecule has 6 heteroatoms. The van der Waals surface area contributed by atoms with E-state index >= 15 is 0 Å². The van der Waals surface area contributed by atoms with Gasteiger partial charge in [-0.15, -0.1) is 0 Å². The number of nitrogens with one attached hydrogen (secondary N) is 1. The van der Waals surface area contributed by atoms with Crippen molar-refractivity contribution >= 4 is 22.8 Å². The molecule has 1 aliphatic rings. The highest BCUT2D eigenvalue weighted by Gasteiger charge is 2.34. The lowest BCUT2D eigenvalue weighted by Crippen LogP contribution is -2.41. The molecule has 5 nitrogen and oxygen atoms in total. The van der Waals surface area contributed by atoms with Crippen LogP contribution in [0.15, 0.2) is 30.5 Å². The second-order valence-electron chi connectivity index (χ2n) is 7.05. The van der Waals surface area contributed by atoms with Crippen LogP contribution in [0.5, 0.6) is 0 Å². The third-order valence-corrected chi connectivity index (χ3v) is 5.15. The first-order chi connectivity index (χ1) is 12.0. The van der Waals surface area contributed by atoms with Crippen molar-refractivity contribution in [1.82, 2.24) is 9.88 Å². The van der Waals surface area contributed by atoms with Crippen LogP contribution >= 0.6 is 0 Å². The standard InChI is InChI=1S/C19H23FN2O3/c20-15-5-4-14-6-9-22(16(14)10-15)12-17(23)21-13-19(11-18(24)25)7-2-1-3-8-19/h4-6,9-10H,1-3,7-8,11-13H2,(H,21,23)(H,24,25). The van der Waals surface area contributed by atoms with Gasteiger partial charge < -0.3 is 15.0 Å². The van der Waals surface area contributed by atoms with E-state index in [-0.39, 0.29) is 30.1 Å². The summed E-state index contributed by atoms with van der Waals surface area (Å²) in [6, 6.07) is 6.33. The maximum absolute atomic E-state index is 13.4. The number of carboxylic acid groups (broad SMARTS) is 1. The van der Waals surface area contributed by atoms with Crippen molar-refractivity contribution in [3.63, 3.8) is 0 Å². The number of aliphatic carboxylic acids is 1. The fourth-order valence-corrected chi connectivity index (χ4v) is 3.83. The number of amides is 1. The largest absolute Gasteiger partial charge is 0.481 e. The van der Waals surface area contributed by atoms with Crippen molar-refractivity contribution < 1.29 is 19.1 Å².